The molecule has 0 atom stereocenters. The number of imide groups is 2. The smallest absolute Gasteiger partial charge is 0.333 e. The van der Waals surface area contributed by atoms with Gasteiger partial charge >= 0.3 is 6.03 Å². The summed E-state index contributed by atoms with van der Waals surface area (Å²) in [6, 6.07) is 2.51. The number of amides is 4. The molecule has 0 bridgehead atoms. The Morgan fingerprint density at radius 2 is 1.72 bits per heavy atom. The first-order valence-electron chi connectivity index (χ1n) is 7.63. The molecule has 1 fully saturated rings. The van der Waals surface area contributed by atoms with E-state index in [2.05, 4.69) is 0 Å². The van der Waals surface area contributed by atoms with Gasteiger partial charge in [-0.05, 0) is 30.2 Å². The van der Waals surface area contributed by atoms with Gasteiger partial charge < -0.3 is 9.47 Å². The van der Waals surface area contributed by atoms with Crippen LogP contribution in [0.3, 0.4) is 0 Å². The number of likely N-dealkylation sites (N-methyl/N-ethyl adjacent to an activating group) is 2. The lowest BCUT2D eigenvalue weighted by molar-refractivity contribution is -0.134. The SMILES string of the molecule is CCCOc1c(Cl)cc(C=C2C(=O)N(C)C(=O)N(C)C2=O)cc1OC. The number of benzene rings is 1. The Kier molecular flexibility index (Phi) is 5.69. The topological polar surface area (TPSA) is 76.2 Å². The van der Waals surface area contributed by atoms with E-state index in [4.69, 9.17) is 21.1 Å². The van der Waals surface area contributed by atoms with Gasteiger partial charge in [0.15, 0.2) is 11.5 Å². The second-order valence-corrected chi connectivity index (χ2v) is 5.86. The van der Waals surface area contributed by atoms with Gasteiger partial charge in [0, 0.05) is 14.1 Å². The first kappa shape index (κ1) is 18.8. The number of halogens is 1. The molecule has 7 nitrogen and oxygen atoms in total. The van der Waals surface area contributed by atoms with Crippen molar-refractivity contribution >= 4 is 35.5 Å². The number of carbonyl (C=O) groups is 3. The van der Waals surface area contributed by atoms with Crippen LogP contribution in [0.5, 0.6) is 11.5 Å². The number of urea groups is 1. The summed E-state index contributed by atoms with van der Waals surface area (Å²) in [5.74, 6) is -0.552. The average Bonchev–Trinajstić information content (AvgIpc) is 2.60. The fourth-order valence-electron chi connectivity index (χ4n) is 2.31. The van der Waals surface area contributed by atoms with Crippen LogP contribution in [0.25, 0.3) is 6.08 Å². The van der Waals surface area contributed by atoms with Crippen LogP contribution >= 0.6 is 11.6 Å². The van der Waals surface area contributed by atoms with Crippen molar-refractivity contribution < 1.29 is 23.9 Å². The monoisotopic (exact) mass is 366 g/mol. The molecule has 1 saturated heterocycles. The molecule has 134 valence electrons. The number of nitrogens with zero attached hydrogens (tertiary/aromatic N) is 2. The van der Waals surface area contributed by atoms with Crippen LogP contribution in [0, 0.1) is 0 Å². The van der Waals surface area contributed by atoms with Crippen molar-refractivity contribution in [3.05, 3.63) is 28.3 Å². The summed E-state index contributed by atoms with van der Waals surface area (Å²) in [6.07, 6.45) is 2.18. The Balaban J connectivity index is 2.46. The Morgan fingerprint density at radius 3 is 2.24 bits per heavy atom. The van der Waals surface area contributed by atoms with E-state index in [1.54, 1.807) is 12.1 Å². The number of barbiturate groups is 1. The summed E-state index contributed by atoms with van der Waals surface area (Å²) in [4.78, 5) is 38.0. The van der Waals surface area contributed by atoms with Crippen molar-refractivity contribution in [1.29, 1.82) is 0 Å². The highest BCUT2D eigenvalue weighted by atomic mass is 35.5. The van der Waals surface area contributed by atoms with Crippen LogP contribution in [0.1, 0.15) is 18.9 Å². The quantitative estimate of drug-likeness (QED) is 0.591. The number of hydrogen-bond acceptors (Lipinski definition) is 5. The average molecular weight is 367 g/mol. The molecule has 0 aliphatic carbocycles. The molecule has 8 heteroatoms. The third-order valence-corrected chi connectivity index (χ3v) is 3.94. The Bertz CT molecular complexity index is 734. The molecule has 1 aromatic carbocycles. The van der Waals surface area contributed by atoms with E-state index in [9.17, 15) is 14.4 Å². The summed E-state index contributed by atoms with van der Waals surface area (Å²) in [6.45, 7) is 2.44. The molecule has 1 aliphatic rings. The molecule has 25 heavy (non-hydrogen) atoms. The van der Waals surface area contributed by atoms with Gasteiger partial charge in [0.05, 0.1) is 18.7 Å². The Morgan fingerprint density at radius 1 is 1.12 bits per heavy atom. The van der Waals surface area contributed by atoms with E-state index in [0.29, 0.717) is 28.7 Å². The second kappa shape index (κ2) is 7.57. The maximum atomic E-state index is 12.2. The normalized spacial score (nSPS) is 14.9. The second-order valence-electron chi connectivity index (χ2n) is 5.45. The largest absolute Gasteiger partial charge is 0.493 e. The van der Waals surface area contributed by atoms with Crippen molar-refractivity contribution in [3.8, 4) is 11.5 Å². The third kappa shape index (κ3) is 3.61. The van der Waals surface area contributed by atoms with Crippen LogP contribution in [0.15, 0.2) is 17.7 Å². The van der Waals surface area contributed by atoms with Gasteiger partial charge in [0.1, 0.15) is 5.57 Å². The number of hydrogen-bond donors (Lipinski definition) is 0. The van der Waals surface area contributed by atoms with E-state index in [1.807, 2.05) is 6.92 Å². The maximum absolute atomic E-state index is 12.2. The lowest BCUT2D eigenvalue weighted by Gasteiger charge is -2.28. The molecular weight excluding hydrogens is 348 g/mol. The van der Waals surface area contributed by atoms with Gasteiger partial charge in [-0.15, -0.1) is 0 Å². The van der Waals surface area contributed by atoms with Gasteiger partial charge in [-0.1, -0.05) is 18.5 Å². The molecule has 0 saturated carbocycles. The highest BCUT2D eigenvalue weighted by molar-refractivity contribution is 6.33. The summed E-state index contributed by atoms with van der Waals surface area (Å²) in [5.41, 5.74) is 0.350. The Hall–Kier alpha value is -2.54. The lowest BCUT2D eigenvalue weighted by Crippen LogP contribution is -2.52. The van der Waals surface area contributed by atoms with E-state index < -0.39 is 17.8 Å². The lowest BCUT2D eigenvalue weighted by atomic mass is 10.1. The van der Waals surface area contributed by atoms with Gasteiger partial charge in [-0.3, -0.25) is 19.4 Å². The number of methoxy groups -OCH3 is 1. The first-order chi connectivity index (χ1) is 11.8. The predicted octanol–water partition coefficient (Wildman–Crippen LogP) is 2.57. The molecule has 0 aromatic heterocycles. The first-order valence-corrected chi connectivity index (χ1v) is 8.01. The zero-order chi connectivity index (χ0) is 18.7. The van der Waals surface area contributed by atoms with E-state index in [-0.39, 0.29) is 5.57 Å². The highest BCUT2D eigenvalue weighted by Gasteiger charge is 2.37. The zero-order valence-corrected chi connectivity index (χ0v) is 15.2. The van der Waals surface area contributed by atoms with Crippen LogP contribution in [0.4, 0.5) is 4.79 Å². The summed E-state index contributed by atoms with van der Waals surface area (Å²) in [7, 11) is 4.10. The molecule has 1 heterocycles. The number of carbonyl (C=O) groups excluding carboxylic acids is 3. The maximum Gasteiger partial charge on any atom is 0.333 e. The Labute approximate surface area is 150 Å². The molecule has 0 radical (unpaired) electrons. The molecule has 2 rings (SSSR count). The molecular formula is C17H19ClN2O5. The molecule has 4 amide bonds. The van der Waals surface area contributed by atoms with Crippen LogP contribution in [0.2, 0.25) is 5.02 Å². The number of rotatable bonds is 5. The molecule has 1 aromatic rings. The predicted molar refractivity (Wildman–Crippen MR) is 92.7 cm³/mol. The van der Waals surface area contributed by atoms with Crippen molar-refractivity contribution in [2.75, 3.05) is 27.8 Å². The van der Waals surface area contributed by atoms with Crippen LogP contribution in [-0.2, 0) is 9.59 Å². The van der Waals surface area contributed by atoms with Gasteiger partial charge in [-0.25, -0.2) is 4.79 Å². The zero-order valence-electron chi connectivity index (χ0n) is 14.5. The van der Waals surface area contributed by atoms with Crippen molar-refractivity contribution in [1.82, 2.24) is 9.80 Å². The van der Waals surface area contributed by atoms with E-state index in [1.165, 1.54) is 27.3 Å². The standard InChI is InChI=1S/C17H19ClN2O5/c1-5-6-25-14-12(18)8-10(9-13(14)24-4)7-11-15(21)19(2)17(23)20(3)16(11)22/h7-9H,5-6H2,1-4H3. The third-order valence-electron chi connectivity index (χ3n) is 3.66. The minimum Gasteiger partial charge on any atom is -0.493 e. The summed E-state index contributed by atoms with van der Waals surface area (Å²) >= 11 is 6.24. The molecule has 1 aliphatic heterocycles. The molecule has 0 N–H and O–H groups in total. The van der Waals surface area contributed by atoms with E-state index >= 15 is 0 Å². The minimum absolute atomic E-state index is 0.134. The van der Waals surface area contributed by atoms with Gasteiger partial charge in [0.2, 0.25) is 0 Å². The van der Waals surface area contributed by atoms with Gasteiger partial charge in [0.25, 0.3) is 11.8 Å². The van der Waals surface area contributed by atoms with Crippen molar-refractivity contribution in [3.63, 3.8) is 0 Å². The van der Waals surface area contributed by atoms with Crippen LogP contribution in [-0.4, -0.2) is 55.5 Å². The van der Waals surface area contributed by atoms with Crippen molar-refractivity contribution in [2.45, 2.75) is 13.3 Å². The van der Waals surface area contributed by atoms with Crippen LogP contribution < -0.4 is 9.47 Å². The molecule has 0 spiro atoms. The fraction of sp³-hybridized carbons (Fsp3) is 0.353. The minimum atomic E-state index is -0.675. The summed E-state index contributed by atoms with van der Waals surface area (Å²) < 4.78 is 10.9. The number of ether oxygens (including phenoxy) is 2. The molecule has 0 unspecified atom stereocenters. The van der Waals surface area contributed by atoms with Gasteiger partial charge in [-0.2, -0.15) is 0 Å². The highest BCUT2D eigenvalue weighted by Crippen LogP contribution is 2.37. The van der Waals surface area contributed by atoms with Crippen molar-refractivity contribution in [2.24, 2.45) is 0 Å². The summed E-state index contributed by atoms with van der Waals surface area (Å²) in [5, 5.41) is 0.299. The van der Waals surface area contributed by atoms with E-state index in [0.717, 1.165) is 16.2 Å². The fourth-order valence-corrected chi connectivity index (χ4v) is 2.58.